The van der Waals surface area contributed by atoms with Crippen molar-refractivity contribution in [2.75, 3.05) is 19.7 Å². The fourth-order valence-corrected chi connectivity index (χ4v) is 1.78. The van der Waals surface area contributed by atoms with Gasteiger partial charge in [0.25, 0.3) is 0 Å². The van der Waals surface area contributed by atoms with Crippen LogP contribution in [-0.4, -0.2) is 25.7 Å². The van der Waals surface area contributed by atoms with E-state index in [0.717, 1.165) is 25.9 Å². The molecule has 106 valence electrons. The van der Waals surface area contributed by atoms with Crippen LogP contribution in [-0.2, 0) is 9.53 Å². The van der Waals surface area contributed by atoms with Gasteiger partial charge in [0.15, 0.2) is 0 Å². The number of carbonyl (C=O) groups is 1. The van der Waals surface area contributed by atoms with Crippen molar-refractivity contribution in [2.24, 2.45) is 5.92 Å². The van der Waals surface area contributed by atoms with Gasteiger partial charge in [-0.15, -0.1) is 0 Å². The molecule has 0 fully saturated rings. The van der Waals surface area contributed by atoms with Gasteiger partial charge < -0.3 is 10.1 Å². The molecule has 0 heterocycles. The highest BCUT2D eigenvalue weighted by Gasteiger charge is 2.11. The van der Waals surface area contributed by atoms with Crippen LogP contribution < -0.4 is 5.32 Å². The highest BCUT2D eigenvalue weighted by Crippen LogP contribution is 2.07. The Kier molecular flexibility index (Phi) is 10.8. The maximum atomic E-state index is 11.3. The Hall–Kier alpha value is -0.830. The van der Waals surface area contributed by atoms with Crippen molar-refractivity contribution in [3.63, 3.8) is 0 Å². The minimum atomic E-state index is -0.276. The second kappa shape index (κ2) is 11.3. The first-order valence-electron chi connectivity index (χ1n) is 7.15. The van der Waals surface area contributed by atoms with Gasteiger partial charge in [0.1, 0.15) is 0 Å². The topological polar surface area (TPSA) is 38.3 Å². The summed E-state index contributed by atoms with van der Waals surface area (Å²) in [5, 5.41) is 3.44. The number of carbonyl (C=O) groups excluding carboxylic acids is 1. The van der Waals surface area contributed by atoms with E-state index in [0.29, 0.717) is 18.1 Å². The molecule has 1 atom stereocenters. The molecule has 1 unspecified atom stereocenters. The van der Waals surface area contributed by atoms with Gasteiger partial charge in [0.2, 0.25) is 0 Å². The van der Waals surface area contributed by atoms with Gasteiger partial charge in [-0.1, -0.05) is 39.7 Å². The van der Waals surface area contributed by atoms with E-state index in [1.54, 1.807) is 6.92 Å². The summed E-state index contributed by atoms with van der Waals surface area (Å²) in [4.78, 5) is 11.3. The van der Waals surface area contributed by atoms with Crippen molar-refractivity contribution in [2.45, 2.75) is 52.9 Å². The highest BCUT2D eigenvalue weighted by atomic mass is 16.5. The van der Waals surface area contributed by atoms with E-state index in [1.807, 2.05) is 0 Å². The number of rotatable bonds is 11. The number of hydrogen-bond acceptors (Lipinski definition) is 3. The second-order valence-corrected chi connectivity index (χ2v) is 4.94. The van der Waals surface area contributed by atoms with Crippen LogP contribution in [0.3, 0.4) is 0 Å². The third-order valence-corrected chi connectivity index (χ3v) is 2.89. The molecule has 3 heteroatoms. The van der Waals surface area contributed by atoms with E-state index < -0.39 is 0 Å². The smallest absolute Gasteiger partial charge is 0.333 e. The average Bonchev–Trinajstić information content (AvgIpc) is 2.34. The maximum absolute atomic E-state index is 11.3. The monoisotopic (exact) mass is 255 g/mol. The fraction of sp³-hybridized carbons (Fsp3) is 0.800. The summed E-state index contributed by atoms with van der Waals surface area (Å²) in [7, 11) is 0. The summed E-state index contributed by atoms with van der Waals surface area (Å²) in [5.41, 5.74) is 0.473. The summed E-state index contributed by atoms with van der Waals surface area (Å²) >= 11 is 0. The fourth-order valence-electron chi connectivity index (χ4n) is 1.78. The number of ether oxygens (including phenoxy) is 1. The number of esters is 1. The molecule has 0 aromatic heterocycles. The summed E-state index contributed by atoms with van der Waals surface area (Å²) in [5.74, 6) is 0.141. The molecule has 0 aromatic carbocycles. The van der Waals surface area contributed by atoms with Crippen LogP contribution in [0.5, 0.6) is 0 Å². The van der Waals surface area contributed by atoms with Crippen molar-refractivity contribution >= 4 is 5.97 Å². The molecule has 0 rings (SSSR count). The molecule has 3 nitrogen and oxygen atoms in total. The van der Waals surface area contributed by atoms with Crippen LogP contribution in [0.4, 0.5) is 0 Å². The van der Waals surface area contributed by atoms with Gasteiger partial charge in [0.05, 0.1) is 6.61 Å². The molecule has 0 saturated heterocycles. The molecular weight excluding hydrogens is 226 g/mol. The summed E-state index contributed by atoms with van der Waals surface area (Å²) in [6, 6.07) is 0. The number of unbranched alkanes of at least 4 members (excludes halogenated alkanes) is 2. The zero-order valence-corrected chi connectivity index (χ0v) is 12.3. The van der Waals surface area contributed by atoms with Crippen molar-refractivity contribution in [3.05, 3.63) is 12.2 Å². The lowest BCUT2D eigenvalue weighted by Gasteiger charge is -2.17. The molecule has 0 spiro atoms. The molecule has 0 amide bonds. The van der Waals surface area contributed by atoms with Crippen molar-refractivity contribution in [1.82, 2.24) is 5.32 Å². The lowest BCUT2D eigenvalue weighted by atomic mass is 10.0. The molecule has 0 aliphatic rings. The van der Waals surface area contributed by atoms with Gasteiger partial charge >= 0.3 is 5.97 Å². The molecule has 18 heavy (non-hydrogen) atoms. The van der Waals surface area contributed by atoms with Gasteiger partial charge in [-0.3, -0.25) is 0 Å². The molecule has 0 aliphatic heterocycles. The molecule has 1 N–H and O–H groups in total. The second-order valence-electron chi connectivity index (χ2n) is 4.94. The standard InChI is InChI=1S/C15H29NO2/c1-5-7-8-10-16-11-14(9-6-2)12-18-15(17)13(3)4/h14,16H,3,5-12H2,1-2,4H3. The summed E-state index contributed by atoms with van der Waals surface area (Å²) < 4.78 is 5.22. The van der Waals surface area contributed by atoms with E-state index in [1.165, 1.54) is 19.3 Å². The Labute approximate surface area is 112 Å². The molecular formula is C15H29NO2. The van der Waals surface area contributed by atoms with E-state index in [9.17, 15) is 4.79 Å². The molecule has 0 aliphatic carbocycles. The predicted octanol–water partition coefficient (Wildman–Crippen LogP) is 3.30. The summed E-state index contributed by atoms with van der Waals surface area (Å²) in [6.07, 6.45) is 5.95. The van der Waals surface area contributed by atoms with Crippen LogP contribution in [0.25, 0.3) is 0 Å². The van der Waals surface area contributed by atoms with E-state index in [-0.39, 0.29) is 5.97 Å². The zero-order valence-electron chi connectivity index (χ0n) is 12.3. The Balaban J connectivity index is 3.77. The first-order valence-corrected chi connectivity index (χ1v) is 7.15. The lowest BCUT2D eigenvalue weighted by Crippen LogP contribution is -2.28. The van der Waals surface area contributed by atoms with Crippen LogP contribution in [0.1, 0.15) is 52.9 Å². The van der Waals surface area contributed by atoms with E-state index >= 15 is 0 Å². The molecule has 0 bridgehead atoms. The third kappa shape index (κ3) is 9.23. The minimum absolute atomic E-state index is 0.276. The lowest BCUT2D eigenvalue weighted by molar-refractivity contribution is -0.140. The largest absolute Gasteiger partial charge is 0.462 e. The Morgan fingerprint density at radius 3 is 2.56 bits per heavy atom. The first-order chi connectivity index (χ1) is 8.61. The van der Waals surface area contributed by atoms with Gasteiger partial charge in [0, 0.05) is 18.0 Å². The van der Waals surface area contributed by atoms with Crippen molar-refractivity contribution < 1.29 is 9.53 Å². The third-order valence-electron chi connectivity index (χ3n) is 2.89. The SMILES string of the molecule is C=C(C)C(=O)OCC(CCC)CNCCCCC. The predicted molar refractivity (Wildman–Crippen MR) is 76.6 cm³/mol. The van der Waals surface area contributed by atoms with Crippen molar-refractivity contribution in [1.29, 1.82) is 0 Å². The van der Waals surface area contributed by atoms with Crippen LogP contribution in [0.15, 0.2) is 12.2 Å². The first kappa shape index (κ1) is 17.2. The van der Waals surface area contributed by atoms with Gasteiger partial charge in [-0.2, -0.15) is 0 Å². The van der Waals surface area contributed by atoms with E-state index in [2.05, 4.69) is 25.7 Å². The van der Waals surface area contributed by atoms with Crippen molar-refractivity contribution in [3.8, 4) is 0 Å². The quantitative estimate of drug-likeness (QED) is 0.350. The average molecular weight is 255 g/mol. The van der Waals surface area contributed by atoms with Crippen LogP contribution >= 0.6 is 0 Å². The normalized spacial score (nSPS) is 12.2. The zero-order chi connectivity index (χ0) is 13.8. The Bertz CT molecular complexity index is 239. The summed E-state index contributed by atoms with van der Waals surface area (Å²) in [6.45, 7) is 12.1. The molecule has 0 aromatic rings. The Morgan fingerprint density at radius 1 is 1.28 bits per heavy atom. The highest BCUT2D eigenvalue weighted by molar-refractivity contribution is 5.86. The number of hydrogen-bond donors (Lipinski definition) is 1. The minimum Gasteiger partial charge on any atom is -0.462 e. The maximum Gasteiger partial charge on any atom is 0.333 e. The molecule has 0 radical (unpaired) electrons. The van der Waals surface area contributed by atoms with Crippen LogP contribution in [0.2, 0.25) is 0 Å². The Morgan fingerprint density at radius 2 is 2.00 bits per heavy atom. The molecule has 0 saturated carbocycles. The van der Waals surface area contributed by atoms with E-state index in [4.69, 9.17) is 4.74 Å². The van der Waals surface area contributed by atoms with Gasteiger partial charge in [-0.05, 0) is 26.3 Å². The number of nitrogens with one attached hydrogen (secondary N) is 1. The van der Waals surface area contributed by atoms with Crippen LogP contribution in [0, 0.1) is 5.92 Å². The van der Waals surface area contributed by atoms with Gasteiger partial charge in [-0.25, -0.2) is 4.79 Å².